The highest BCUT2D eigenvalue weighted by atomic mass is 16.5. The summed E-state index contributed by atoms with van der Waals surface area (Å²) in [4.78, 5) is 23.4. The van der Waals surface area contributed by atoms with E-state index >= 15 is 0 Å². The number of fused-ring (bicyclic) bond motifs is 1. The van der Waals surface area contributed by atoms with E-state index in [2.05, 4.69) is 21.1 Å². The number of carbonyl (C=O) groups excluding carboxylic acids is 1. The Morgan fingerprint density at radius 3 is 2.70 bits per heavy atom. The van der Waals surface area contributed by atoms with Gasteiger partial charge in [-0.3, -0.25) is 19.4 Å². The minimum atomic E-state index is -0.806. The van der Waals surface area contributed by atoms with E-state index in [1.54, 1.807) is 67.3 Å². The van der Waals surface area contributed by atoms with Crippen LogP contribution in [0.1, 0.15) is 29.9 Å². The fraction of sp³-hybridized carbons (Fsp3) is 0.286. The van der Waals surface area contributed by atoms with Gasteiger partial charge in [0.05, 0.1) is 61.9 Å². The zero-order chi connectivity index (χ0) is 21.5. The molecular formula is C21H20N6O3. The first-order valence-corrected chi connectivity index (χ1v) is 9.24. The molecule has 0 saturated heterocycles. The molecule has 9 nitrogen and oxygen atoms in total. The van der Waals surface area contributed by atoms with Gasteiger partial charge in [0.1, 0.15) is 5.54 Å². The summed E-state index contributed by atoms with van der Waals surface area (Å²) in [7, 11) is 3.07. The maximum Gasteiger partial charge on any atom is 0.260 e. The SMILES string of the molecule is COc1cc(-c2ccc3c(n2)CN(c2cnn(C(C)(C)C#N)c2)C3=O)cnc1OC. The van der Waals surface area contributed by atoms with E-state index in [0.717, 1.165) is 5.56 Å². The van der Waals surface area contributed by atoms with Crippen LogP contribution in [0.15, 0.2) is 36.8 Å². The third-order valence-electron chi connectivity index (χ3n) is 5.01. The van der Waals surface area contributed by atoms with E-state index in [-0.39, 0.29) is 5.91 Å². The number of anilines is 1. The topological polar surface area (TPSA) is 106 Å². The number of hydrogen-bond acceptors (Lipinski definition) is 7. The number of ether oxygens (including phenoxy) is 2. The summed E-state index contributed by atoms with van der Waals surface area (Å²) in [6, 6.07) is 7.53. The van der Waals surface area contributed by atoms with E-state index < -0.39 is 5.54 Å². The van der Waals surface area contributed by atoms with Crippen LogP contribution in [-0.4, -0.2) is 39.9 Å². The smallest absolute Gasteiger partial charge is 0.260 e. The first-order chi connectivity index (χ1) is 14.4. The minimum Gasteiger partial charge on any atom is -0.491 e. The van der Waals surface area contributed by atoms with E-state index in [4.69, 9.17) is 9.47 Å². The Bertz CT molecular complexity index is 1180. The minimum absolute atomic E-state index is 0.149. The predicted molar refractivity (Wildman–Crippen MR) is 108 cm³/mol. The second-order valence-electron chi connectivity index (χ2n) is 7.33. The van der Waals surface area contributed by atoms with Crippen LogP contribution in [0, 0.1) is 11.3 Å². The van der Waals surface area contributed by atoms with Crippen LogP contribution in [0.5, 0.6) is 11.6 Å². The lowest BCUT2D eigenvalue weighted by Gasteiger charge is -2.16. The van der Waals surface area contributed by atoms with Crippen molar-refractivity contribution in [3.8, 4) is 29.0 Å². The summed E-state index contributed by atoms with van der Waals surface area (Å²) in [5.74, 6) is 0.743. The van der Waals surface area contributed by atoms with Crippen LogP contribution in [0.4, 0.5) is 5.69 Å². The van der Waals surface area contributed by atoms with Crippen LogP contribution in [0.3, 0.4) is 0 Å². The maximum atomic E-state index is 12.9. The van der Waals surface area contributed by atoms with Gasteiger partial charge in [0.25, 0.3) is 11.8 Å². The van der Waals surface area contributed by atoms with E-state index in [0.29, 0.717) is 40.8 Å². The molecule has 0 saturated carbocycles. The zero-order valence-corrected chi connectivity index (χ0v) is 17.1. The van der Waals surface area contributed by atoms with Crippen molar-refractivity contribution in [2.24, 2.45) is 0 Å². The molecule has 1 amide bonds. The second-order valence-corrected chi connectivity index (χ2v) is 7.33. The molecule has 0 radical (unpaired) electrons. The molecule has 152 valence electrons. The largest absolute Gasteiger partial charge is 0.491 e. The first kappa shape index (κ1) is 19.4. The van der Waals surface area contributed by atoms with Crippen LogP contribution >= 0.6 is 0 Å². The van der Waals surface area contributed by atoms with Crippen molar-refractivity contribution in [3.05, 3.63) is 48.0 Å². The number of pyridine rings is 2. The number of rotatable bonds is 5. The molecule has 1 aliphatic rings. The Hall–Kier alpha value is -3.93. The number of methoxy groups -OCH3 is 2. The van der Waals surface area contributed by atoms with Crippen LogP contribution in [0.2, 0.25) is 0 Å². The van der Waals surface area contributed by atoms with Crippen molar-refractivity contribution in [1.29, 1.82) is 5.26 Å². The summed E-state index contributed by atoms with van der Waals surface area (Å²) in [6.45, 7) is 3.84. The quantitative estimate of drug-likeness (QED) is 0.644. The van der Waals surface area contributed by atoms with Gasteiger partial charge in [-0.15, -0.1) is 0 Å². The number of amides is 1. The van der Waals surface area contributed by atoms with Crippen LogP contribution in [0.25, 0.3) is 11.3 Å². The average Bonchev–Trinajstić information content (AvgIpc) is 3.38. The molecule has 0 fully saturated rings. The monoisotopic (exact) mass is 404 g/mol. The molecule has 0 unspecified atom stereocenters. The van der Waals surface area contributed by atoms with Crippen molar-refractivity contribution < 1.29 is 14.3 Å². The lowest BCUT2D eigenvalue weighted by molar-refractivity contribution is 0.0996. The average molecular weight is 404 g/mol. The molecule has 3 aromatic rings. The molecule has 0 bridgehead atoms. The molecule has 0 aliphatic carbocycles. The second kappa shape index (κ2) is 7.15. The molecule has 0 aromatic carbocycles. The van der Waals surface area contributed by atoms with Gasteiger partial charge in [-0.1, -0.05) is 0 Å². The molecule has 4 heterocycles. The molecular weight excluding hydrogens is 384 g/mol. The normalized spacial score (nSPS) is 13.2. The Morgan fingerprint density at radius 1 is 1.20 bits per heavy atom. The summed E-state index contributed by atoms with van der Waals surface area (Å²) >= 11 is 0. The summed E-state index contributed by atoms with van der Waals surface area (Å²) in [6.07, 6.45) is 4.94. The molecule has 4 rings (SSSR count). The Balaban J connectivity index is 1.65. The fourth-order valence-corrected chi connectivity index (χ4v) is 3.23. The predicted octanol–water partition coefficient (Wildman–Crippen LogP) is 2.78. The first-order valence-electron chi connectivity index (χ1n) is 9.24. The van der Waals surface area contributed by atoms with Crippen molar-refractivity contribution in [2.75, 3.05) is 19.1 Å². The Kier molecular flexibility index (Phi) is 4.62. The van der Waals surface area contributed by atoms with E-state index in [1.165, 1.54) is 7.11 Å². The standard InChI is InChI=1S/C21H20N6O3/c1-21(2,12-22)27-10-14(9-24-27)26-11-17-15(20(26)28)5-6-16(25-17)13-7-18(29-3)19(30-4)23-8-13/h5-10H,11H2,1-4H3. The third-order valence-corrected chi connectivity index (χ3v) is 5.01. The van der Waals surface area contributed by atoms with Gasteiger partial charge in [0.15, 0.2) is 5.75 Å². The molecule has 30 heavy (non-hydrogen) atoms. The van der Waals surface area contributed by atoms with Gasteiger partial charge in [-0.2, -0.15) is 10.4 Å². The third kappa shape index (κ3) is 3.12. The zero-order valence-electron chi connectivity index (χ0n) is 17.1. The summed E-state index contributed by atoms with van der Waals surface area (Å²) in [5.41, 5.74) is 2.46. The highest BCUT2D eigenvalue weighted by molar-refractivity contribution is 6.09. The molecule has 1 aliphatic heterocycles. The highest BCUT2D eigenvalue weighted by Gasteiger charge is 2.32. The Labute approximate surface area is 173 Å². The molecule has 0 N–H and O–H groups in total. The van der Waals surface area contributed by atoms with Crippen LogP contribution in [-0.2, 0) is 12.1 Å². The van der Waals surface area contributed by atoms with Crippen molar-refractivity contribution in [2.45, 2.75) is 25.9 Å². The Morgan fingerprint density at radius 2 is 2.00 bits per heavy atom. The summed E-state index contributed by atoms with van der Waals surface area (Å²) < 4.78 is 12.0. The van der Waals surface area contributed by atoms with Crippen LogP contribution < -0.4 is 14.4 Å². The number of hydrogen-bond donors (Lipinski definition) is 0. The van der Waals surface area contributed by atoms with Gasteiger partial charge >= 0.3 is 0 Å². The van der Waals surface area contributed by atoms with Gasteiger partial charge in [-0.05, 0) is 32.0 Å². The van der Waals surface area contributed by atoms with Gasteiger partial charge < -0.3 is 9.47 Å². The van der Waals surface area contributed by atoms with E-state index in [9.17, 15) is 10.1 Å². The van der Waals surface area contributed by atoms with Crippen molar-refractivity contribution >= 4 is 11.6 Å². The van der Waals surface area contributed by atoms with Crippen molar-refractivity contribution in [1.82, 2.24) is 19.7 Å². The number of nitriles is 1. The van der Waals surface area contributed by atoms with Crippen molar-refractivity contribution in [3.63, 3.8) is 0 Å². The lowest BCUT2D eigenvalue weighted by Crippen LogP contribution is -2.25. The number of nitrogens with zero attached hydrogens (tertiary/aromatic N) is 6. The molecule has 0 spiro atoms. The maximum absolute atomic E-state index is 12.9. The summed E-state index contributed by atoms with van der Waals surface area (Å²) in [5, 5.41) is 13.5. The number of carbonyl (C=O) groups is 1. The van der Waals surface area contributed by atoms with E-state index in [1.807, 2.05) is 0 Å². The lowest BCUT2D eigenvalue weighted by atomic mass is 10.1. The molecule has 0 atom stereocenters. The highest BCUT2D eigenvalue weighted by Crippen LogP contribution is 2.32. The van der Waals surface area contributed by atoms with Gasteiger partial charge in [-0.25, -0.2) is 4.98 Å². The van der Waals surface area contributed by atoms with Gasteiger partial charge in [0, 0.05) is 11.8 Å². The molecule has 3 aromatic heterocycles. The van der Waals surface area contributed by atoms with Gasteiger partial charge in [0.2, 0.25) is 0 Å². The molecule has 9 heteroatoms. The number of aromatic nitrogens is 4. The fourth-order valence-electron chi connectivity index (χ4n) is 3.23.